The van der Waals surface area contributed by atoms with Gasteiger partial charge in [0.05, 0.1) is 5.56 Å². The number of aromatic carboxylic acids is 1. The molecule has 19 heavy (non-hydrogen) atoms. The molecule has 1 atom stereocenters. The molecule has 0 bridgehead atoms. The Morgan fingerprint density at radius 2 is 2.37 bits per heavy atom. The van der Waals surface area contributed by atoms with Crippen molar-refractivity contribution in [3.05, 3.63) is 35.1 Å². The Bertz CT molecular complexity index is 465. The van der Waals surface area contributed by atoms with E-state index in [1.807, 2.05) is 0 Å². The van der Waals surface area contributed by atoms with Gasteiger partial charge in [-0.25, -0.2) is 9.18 Å². The molecule has 104 valence electrons. The number of likely N-dealkylation sites (tertiary alicyclic amines) is 1. The fourth-order valence-electron chi connectivity index (χ4n) is 2.45. The van der Waals surface area contributed by atoms with Gasteiger partial charge in [0.2, 0.25) is 0 Å². The zero-order chi connectivity index (χ0) is 13.8. The van der Waals surface area contributed by atoms with E-state index in [4.69, 9.17) is 5.11 Å². The number of halogens is 1. The van der Waals surface area contributed by atoms with E-state index in [1.54, 1.807) is 0 Å². The highest BCUT2D eigenvalue weighted by Gasteiger charge is 2.20. The lowest BCUT2D eigenvalue weighted by atomic mass is 10.1. The monoisotopic (exact) mass is 266 g/mol. The summed E-state index contributed by atoms with van der Waals surface area (Å²) in [6.07, 6.45) is 2.35. The van der Waals surface area contributed by atoms with Crippen molar-refractivity contribution in [2.24, 2.45) is 0 Å². The first-order valence-corrected chi connectivity index (χ1v) is 6.50. The highest BCUT2D eigenvalue weighted by Crippen LogP contribution is 2.14. The average Bonchev–Trinajstić information content (AvgIpc) is 2.77. The fourth-order valence-corrected chi connectivity index (χ4v) is 2.45. The van der Waals surface area contributed by atoms with Crippen LogP contribution in [0, 0.1) is 5.82 Å². The second-order valence-corrected chi connectivity index (χ2v) is 5.02. The molecule has 1 heterocycles. The summed E-state index contributed by atoms with van der Waals surface area (Å²) in [4.78, 5) is 13.1. The third-order valence-electron chi connectivity index (χ3n) is 3.66. The minimum atomic E-state index is -1.03. The highest BCUT2D eigenvalue weighted by molar-refractivity contribution is 5.87. The molecule has 5 heteroatoms. The zero-order valence-electron chi connectivity index (χ0n) is 11.0. The Labute approximate surface area is 112 Å². The molecule has 0 saturated carbocycles. The summed E-state index contributed by atoms with van der Waals surface area (Å²) in [5, 5.41) is 12.1. The lowest BCUT2D eigenvalue weighted by Crippen LogP contribution is -2.35. The minimum absolute atomic E-state index is 0.121. The predicted octanol–water partition coefficient (Wildman–Crippen LogP) is 1.71. The second kappa shape index (κ2) is 6.12. The molecule has 2 N–H and O–H groups in total. The van der Waals surface area contributed by atoms with E-state index in [9.17, 15) is 9.18 Å². The second-order valence-electron chi connectivity index (χ2n) is 5.02. The first kappa shape index (κ1) is 14.0. The van der Waals surface area contributed by atoms with Gasteiger partial charge in [-0.2, -0.15) is 0 Å². The van der Waals surface area contributed by atoms with Crippen molar-refractivity contribution in [3.8, 4) is 0 Å². The van der Waals surface area contributed by atoms with Crippen LogP contribution in [0.15, 0.2) is 18.2 Å². The Morgan fingerprint density at radius 3 is 3.00 bits per heavy atom. The Morgan fingerprint density at radius 1 is 1.58 bits per heavy atom. The van der Waals surface area contributed by atoms with Gasteiger partial charge in [-0.15, -0.1) is 0 Å². The Balaban J connectivity index is 1.91. The molecule has 0 aliphatic carbocycles. The van der Waals surface area contributed by atoms with Gasteiger partial charge in [-0.1, -0.05) is 0 Å². The summed E-state index contributed by atoms with van der Waals surface area (Å²) in [7, 11) is 2.09. The summed E-state index contributed by atoms with van der Waals surface area (Å²) < 4.78 is 13.6. The van der Waals surface area contributed by atoms with Crippen LogP contribution in [-0.4, -0.2) is 42.2 Å². The van der Waals surface area contributed by atoms with E-state index in [1.165, 1.54) is 24.6 Å². The van der Waals surface area contributed by atoms with Gasteiger partial charge in [0.15, 0.2) is 0 Å². The Hall–Kier alpha value is -1.46. The summed E-state index contributed by atoms with van der Waals surface area (Å²) in [6, 6.07) is 4.38. The molecule has 1 unspecified atom stereocenters. The number of carbonyl (C=O) groups is 1. The van der Waals surface area contributed by atoms with E-state index in [2.05, 4.69) is 17.3 Å². The van der Waals surface area contributed by atoms with Crippen LogP contribution in [-0.2, 0) is 6.54 Å². The maximum atomic E-state index is 13.6. The first-order chi connectivity index (χ1) is 9.08. The van der Waals surface area contributed by atoms with Crippen molar-refractivity contribution in [2.75, 3.05) is 20.1 Å². The zero-order valence-corrected chi connectivity index (χ0v) is 11.0. The highest BCUT2D eigenvalue weighted by atomic mass is 19.1. The molecule has 2 rings (SSSR count). The van der Waals surface area contributed by atoms with Crippen LogP contribution in [0.3, 0.4) is 0 Å². The first-order valence-electron chi connectivity index (χ1n) is 6.50. The van der Waals surface area contributed by atoms with Gasteiger partial charge in [-0.05, 0) is 44.6 Å². The smallest absolute Gasteiger partial charge is 0.335 e. The molecule has 1 aliphatic heterocycles. The third-order valence-corrected chi connectivity index (χ3v) is 3.66. The van der Waals surface area contributed by atoms with Crippen molar-refractivity contribution in [1.29, 1.82) is 0 Å². The van der Waals surface area contributed by atoms with E-state index >= 15 is 0 Å². The molecule has 0 amide bonds. The maximum absolute atomic E-state index is 13.6. The third kappa shape index (κ3) is 3.52. The molecular formula is C14H19FN2O2. The topological polar surface area (TPSA) is 52.6 Å². The predicted molar refractivity (Wildman–Crippen MR) is 70.7 cm³/mol. The van der Waals surface area contributed by atoms with Crippen LogP contribution < -0.4 is 5.32 Å². The average molecular weight is 266 g/mol. The van der Waals surface area contributed by atoms with E-state index in [-0.39, 0.29) is 11.4 Å². The number of nitrogens with one attached hydrogen (secondary N) is 1. The molecule has 1 aromatic carbocycles. The molecule has 0 aromatic heterocycles. The molecule has 0 radical (unpaired) electrons. The van der Waals surface area contributed by atoms with Crippen LogP contribution >= 0.6 is 0 Å². The SMILES string of the molecule is CN1CCCC1CNCc1cc(C(=O)O)ccc1F. The van der Waals surface area contributed by atoms with Crippen molar-refractivity contribution in [1.82, 2.24) is 10.2 Å². The number of hydrogen-bond acceptors (Lipinski definition) is 3. The van der Waals surface area contributed by atoms with E-state index in [0.717, 1.165) is 19.5 Å². The molecule has 0 spiro atoms. The number of carboxylic acids is 1. The molecule has 1 aliphatic rings. The minimum Gasteiger partial charge on any atom is -0.478 e. The van der Waals surface area contributed by atoms with Crippen LogP contribution in [0.25, 0.3) is 0 Å². The Kier molecular flexibility index (Phi) is 4.50. The molecular weight excluding hydrogens is 247 g/mol. The largest absolute Gasteiger partial charge is 0.478 e. The quantitative estimate of drug-likeness (QED) is 0.852. The van der Waals surface area contributed by atoms with Gasteiger partial charge < -0.3 is 15.3 Å². The molecule has 4 nitrogen and oxygen atoms in total. The number of benzene rings is 1. The number of carboxylic acid groups (broad SMARTS) is 1. The van der Waals surface area contributed by atoms with Crippen LogP contribution in [0.5, 0.6) is 0 Å². The van der Waals surface area contributed by atoms with Crippen LogP contribution in [0.1, 0.15) is 28.8 Å². The van der Waals surface area contributed by atoms with Gasteiger partial charge >= 0.3 is 5.97 Å². The number of likely N-dealkylation sites (N-methyl/N-ethyl adjacent to an activating group) is 1. The van der Waals surface area contributed by atoms with E-state index in [0.29, 0.717) is 18.2 Å². The number of rotatable bonds is 5. The summed E-state index contributed by atoms with van der Waals surface area (Å²) in [5.41, 5.74) is 0.525. The normalized spacial score (nSPS) is 19.8. The summed E-state index contributed by atoms with van der Waals surface area (Å²) in [5.74, 6) is -1.39. The lowest BCUT2D eigenvalue weighted by Gasteiger charge is -2.19. The lowest BCUT2D eigenvalue weighted by molar-refractivity contribution is 0.0696. The van der Waals surface area contributed by atoms with Gasteiger partial charge in [0, 0.05) is 24.7 Å². The van der Waals surface area contributed by atoms with Gasteiger partial charge in [0.1, 0.15) is 5.82 Å². The van der Waals surface area contributed by atoms with Gasteiger partial charge in [-0.3, -0.25) is 0 Å². The van der Waals surface area contributed by atoms with Crippen LogP contribution in [0.2, 0.25) is 0 Å². The van der Waals surface area contributed by atoms with Crippen molar-refractivity contribution < 1.29 is 14.3 Å². The standard InChI is InChI=1S/C14H19FN2O2/c1-17-6-2-3-12(17)9-16-8-11-7-10(14(18)19)4-5-13(11)15/h4-5,7,12,16H,2-3,6,8-9H2,1H3,(H,18,19). The molecule has 1 saturated heterocycles. The van der Waals surface area contributed by atoms with Crippen LogP contribution in [0.4, 0.5) is 4.39 Å². The van der Waals surface area contributed by atoms with E-state index < -0.39 is 5.97 Å². The maximum Gasteiger partial charge on any atom is 0.335 e. The van der Waals surface area contributed by atoms with Crippen molar-refractivity contribution in [2.45, 2.75) is 25.4 Å². The summed E-state index contributed by atoms with van der Waals surface area (Å²) >= 11 is 0. The van der Waals surface area contributed by atoms with Crippen molar-refractivity contribution in [3.63, 3.8) is 0 Å². The number of hydrogen-bond donors (Lipinski definition) is 2. The molecule has 1 aromatic rings. The molecule has 1 fully saturated rings. The van der Waals surface area contributed by atoms with Gasteiger partial charge in [0.25, 0.3) is 0 Å². The summed E-state index contributed by atoms with van der Waals surface area (Å²) in [6.45, 7) is 2.26. The number of nitrogens with zero attached hydrogens (tertiary/aromatic N) is 1. The fraction of sp³-hybridized carbons (Fsp3) is 0.500. The van der Waals surface area contributed by atoms with Crippen molar-refractivity contribution >= 4 is 5.97 Å².